The highest BCUT2D eigenvalue weighted by Crippen LogP contribution is 2.20. The van der Waals surface area contributed by atoms with Crippen LogP contribution in [0.5, 0.6) is 0 Å². The summed E-state index contributed by atoms with van der Waals surface area (Å²) in [7, 11) is 3.53. The quantitative estimate of drug-likeness (QED) is 0.440. The summed E-state index contributed by atoms with van der Waals surface area (Å²) in [4.78, 5) is 17.9. The average Bonchev–Trinajstić information content (AvgIpc) is 2.41. The first-order chi connectivity index (χ1) is 8.71. The lowest BCUT2D eigenvalue weighted by Gasteiger charge is -2.34. The van der Waals surface area contributed by atoms with Gasteiger partial charge >= 0.3 is 0 Å². The monoisotopic (exact) mass is 382 g/mol. The molecule has 6 heteroatoms. The van der Waals surface area contributed by atoms with Gasteiger partial charge in [-0.3, -0.25) is 9.79 Å². The SMILES string of the molecule is CCCNC(=NC)N1CCC(CC(=O)NC)CC1.I. The second-order valence-electron chi connectivity index (χ2n) is 4.78. The predicted octanol–water partition coefficient (Wildman–Crippen LogP) is 1.44. The van der Waals surface area contributed by atoms with Gasteiger partial charge in [-0.05, 0) is 25.2 Å². The fraction of sp³-hybridized carbons (Fsp3) is 0.846. The molecule has 0 radical (unpaired) electrons. The molecule has 1 aliphatic rings. The number of nitrogens with zero attached hydrogens (tertiary/aromatic N) is 2. The van der Waals surface area contributed by atoms with Crippen molar-refractivity contribution in [1.82, 2.24) is 15.5 Å². The van der Waals surface area contributed by atoms with Crippen LogP contribution in [0.2, 0.25) is 0 Å². The Balaban J connectivity index is 0.00000324. The van der Waals surface area contributed by atoms with Crippen LogP contribution in [-0.2, 0) is 4.79 Å². The number of hydrogen-bond donors (Lipinski definition) is 2. The lowest BCUT2D eigenvalue weighted by atomic mass is 9.93. The summed E-state index contributed by atoms with van der Waals surface area (Å²) in [6.45, 7) is 5.09. The summed E-state index contributed by atoms with van der Waals surface area (Å²) < 4.78 is 0. The summed E-state index contributed by atoms with van der Waals surface area (Å²) in [5.41, 5.74) is 0. The van der Waals surface area contributed by atoms with E-state index in [1.54, 1.807) is 7.05 Å². The molecule has 1 fully saturated rings. The van der Waals surface area contributed by atoms with Crippen molar-refractivity contribution in [3.63, 3.8) is 0 Å². The molecule has 0 atom stereocenters. The molecule has 0 bridgehead atoms. The highest BCUT2D eigenvalue weighted by atomic mass is 127. The van der Waals surface area contributed by atoms with Gasteiger partial charge in [-0.2, -0.15) is 0 Å². The molecule has 1 heterocycles. The van der Waals surface area contributed by atoms with Gasteiger partial charge in [-0.25, -0.2) is 0 Å². The van der Waals surface area contributed by atoms with Gasteiger partial charge < -0.3 is 15.5 Å². The zero-order valence-electron chi connectivity index (χ0n) is 12.2. The number of rotatable bonds is 4. The van der Waals surface area contributed by atoms with Crippen molar-refractivity contribution < 1.29 is 4.79 Å². The number of amides is 1. The second kappa shape index (κ2) is 10.3. The van der Waals surface area contributed by atoms with E-state index in [1.807, 2.05) is 7.05 Å². The van der Waals surface area contributed by atoms with E-state index in [9.17, 15) is 4.79 Å². The molecular weight excluding hydrogens is 355 g/mol. The van der Waals surface area contributed by atoms with Gasteiger partial charge in [0.1, 0.15) is 0 Å². The van der Waals surface area contributed by atoms with E-state index in [1.165, 1.54) is 0 Å². The number of guanidine groups is 1. The summed E-state index contributed by atoms with van der Waals surface area (Å²) >= 11 is 0. The molecule has 0 aromatic heterocycles. The normalized spacial score (nSPS) is 16.8. The minimum atomic E-state index is 0. The molecule has 1 aliphatic heterocycles. The van der Waals surface area contributed by atoms with Crippen LogP contribution in [0.1, 0.15) is 32.6 Å². The number of likely N-dealkylation sites (tertiary alicyclic amines) is 1. The average molecular weight is 382 g/mol. The Morgan fingerprint density at radius 1 is 1.37 bits per heavy atom. The Morgan fingerprint density at radius 2 is 2.00 bits per heavy atom. The highest BCUT2D eigenvalue weighted by Gasteiger charge is 2.22. The fourth-order valence-electron chi connectivity index (χ4n) is 2.28. The van der Waals surface area contributed by atoms with E-state index in [0.29, 0.717) is 12.3 Å². The lowest BCUT2D eigenvalue weighted by molar-refractivity contribution is -0.121. The molecule has 0 spiro atoms. The van der Waals surface area contributed by atoms with E-state index in [4.69, 9.17) is 0 Å². The second-order valence-corrected chi connectivity index (χ2v) is 4.78. The Bertz CT molecular complexity index is 288. The molecule has 0 aromatic rings. The fourth-order valence-corrected chi connectivity index (χ4v) is 2.28. The van der Waals surface area contributed by atoms with Crippen LogP contribution in [0.3, 0.4) is 0 Å². The zero-order chi connectivity index (χ0) is 13.4. The molecule has 0 unspecified atom stereocenters. The molecule has 1 rings (SSSR count). The maximum atomic E-state index is 11.3. The van der Waals surface area contributed by atoms with E-state index < -0.39 is 0 Å². The van der Waals surface area contributed by atoms with Crippen LogP contribution < -0.4 is 10.6 Å². The molecule has 5 nitrogen and oxygen atoms in total. The number of nitrogens with one attached hydrogen (secondary N) is 2. The smallest absolute Gasteiger partial charge is 0.220 e. The van der Waals surface area contributed by atoms with Gasteiger partial charge in [0, 0.05) is 40.2 Å². The minimum Gasteiger partial charge on any atom is -0.359 e. The topological polar surface area (TPSA) is 56.7 Å². The number of carbonyl (C=O) groups excluding carboxylic acids is 1. The third kappa shape index (κ3) is 6.44. The van der Waals surface area contributed by atoms with E-state index in [2.05, 4.69) is 27.4 Å². The molecule has 112 valence electrons. The first-order valence-electron chi connectivity index (χ1n) is 6.87. The zero-order valence-corrected chi connectivity index (χ0v) is 14.6. The number of carbonyl (C=O) groups is 1. The third-order valence-corrected chi connectivity index (χ3v) is 3.41. The summed E-state index contributed by atoms with van der Waals surface area (Å²) in [6.07, 6.45) is 3.90. The third-order valence-electron chi connectivity index (χ3n) is 3.41. The summed E-state index contributed by atoms with van der Waals surface area (Å²) in [5, 5.41) is 6.05. The summed E-state index contributed by atoms with van der Waals surface area (Å²) in [5.74, 6) is 1.67. The molecule has 0 aromatic carbocycles. The van der Waals surface area contributed by atoms with Crippen molar-refractivity contribution in [2.75, 3.05) is 33.7 Å². The van der Waals surface area contributed by atoms with E-state index in [0.717, 1.165) is 44.9 Å². The van der Waals surface area contributed by atoms with Crippen molar-refractivity contribution in [3.8, 4) is 0 Å². The van der Waals surface area contributed by atoms with Crippen molar-refractivity contribution >= 4 is 35.8 Å². The van der Waals surface area contributed by atoms with Crippen molar-refractivity contribution in [2.45, 2.75) is 32.6 Å². The first kappa shape index (κ1) is 18.5. The van der Waals surface area contributed by atoms with Crippen LogP contribution in [0.25, 0.3) is 0 Å². The Labute approximate surface area is 133 Å². The molecule has 0 saturated carbocycles. The number of aliphatic imine (C=N–C) groups is 1. The number of piperidine rings is 1. The van der Waals surface area contributed by atoms with Gasteiger partial charge in [0.05, 0.1) is 0 Å². The Morgan fingerprint density at radius 3 is 2.47 bits per heavy atom. The van der Waals surface area contributed by atoms with E-state index >= 15 is 0 Å². The van der Waals surface area contributed by atoms with Gasteiger partial charge in [-0.1, -0.05) is 6.92 Å². The maximum absolute atomic E-state index is 11.3. The van der Waals surface area contributed by atoms with Crippen LogP contribution in [0.15, 0.2) is 4.99 Å². The Hall–Kier alpha value is -0.530. The van der Waals surface area contributed by atoms with Crippen LogP contribution >= 0.6 is 24.0 Å². The van der Waals surface area contributed by atoms with Gasteiger partial charge in [0.15, 0.2) is 5.96 Å². The van der Waals surface area contributed by atoms with Crippen LogP contribution in [0, 0.1) is 5.92 Å². The summed E-state index contributed by atoms with van der Waals surface area (Å²) in [6, 6.07) is 0. The largest absolute Gasteiger partial charge is 0.359 e. The van der Waals surface area contributed by atoms with Gasteiger partial charge in [0.2, 0.25) is 5.91 Å². The number of hydrogen-bond acceptors (Lipinski definition) is 2. The van der Waals surface area contributed by atoms with Crippen molar-refractivity contribution in [2.24, 2.45) is 10.9 Å². The molecular formula is C13H27IN4O. The molecule has 2 N–H and O–H groups in total. The molecule has 19 heavy (non-hydrogen) atoms. The van der Waals surface area contributed by atoms with Crippen molar-refractivity contribution in [1.29, 1.82) is 0 Å². The first-order valence-corrected chi connectivity index (χ1v) is 6.87. The maximum Gasteiger partial charge on any atom is 0.220 e. The lowest BCUT2D eigenvalue weighted by Crippen LogP contribution is -2.46. The predicted molar refractivity (Wildman–Crippen MR) is 90.0 cm³/mol. The Kier molecular flexibility index (Phi) is 9.99. The van der Waals surface area contributed by atoms with Gasteiger partial charge in [-0.15, -0.1) is 24.0 Å². The standard InChI is InChI=1S/C13H26N4O.HI/c1-4-7-16-13(15-3)17-8-5-11(6-9-17)10-12(18)14-2;/h11H,4-10H2,1-3H3,(H,14,18)(H,15,16);1H. The van der Waals surface area contributed by atoms with E-state index in [-0.39, 0.29) is 29.9 Å². The number of halogens is 1. The molecule has 0 aliphatic carbocycles. The molecule has 1 saturated heterocycles. The highest BCUT2D eigenvalue weighted by molar-refractivity contribution is 14.0. The van der Waals surface area contributed by atoms with Crippen LogP contribution in [0.4, 0.5) is 0 Å². The van der Waals surface area contributed by atoms with Crippen LogP contribution in [-0.4, -0.2) is 50.5 Å². The minimum absolute atomic E-state index is 0. The van der Waals surface area contributed by atoms with Crippen molar-refractivity contribution in [3.05, 3.63) is 0 Å². The van der Waals surface area contributed by atoms with Gasteiger partial charge in [0.25, 0.3) is 0 Å². The molecule has 1 amide bonds.